The predicted octanol–water partition coefficient (Wildman–Crippen LogP) is 3.40. The van der Waals surface area contributed by atoms with Crippen molar-refractivity contribution < 1.29 is 4.79 Å². The molecular weight excluding hydrogens is 282 g/mol. The van der Waals surface area contributed by atoms with E-state index < -0.39 is 0 Å². The molecule has 0 unspecified atom stereocenters. The van der Waals surface area contributed by atoms with Gasteiger partial charge < -0.3 is 5.32 Å². The highest BCUT2D eigenvalue weighted by Gasteiger charge is 2.17. The number of rotatable bonds is 4. The first-order valence-corrected chi connectivity index (χ1v) is 7.91. The number of carbonyl (C=O) groups excluding carboxylic acids is 1. The molecule has 0 saturated carbocycles. The standard InChI is InChI=1S/C16H17N3OS/c1-3-13-12-10-14(15(20)17-4-2)21-16(12)19(18-13)11-8-6-5-7-9-11/h5-10H,3-4H2,1-2H3,(H,17,20). The first kappa shape index (κ1) is 13.8. The van der Waals surface area contributed by atoms with Crippen LogP contribution in [0.3, 0.4) is 0 Å². The van der Waals surface area contributed by atoms with E-state index in [1.165, 1.54) is 11.3 Å². The van der Waals surface area contributed by atoms with E-state index in [9.17, 15) is 4.79 Å². The van der Waals surface area contributed by atoms with Crippen LogP contribution in [0.15, 0.2) is 36.4 Å². The number of aromatic nitrogens is 2. The van der Waals surface area contributed by atoms with Gasteiger partial charge in [0, 0.05) is 11.9 Å². The number of para-hydroxylation sites is 1. The quantitative estimate of drug-likeness (QED) is 0.802. The highest BCUT2D eigenvalue weighted by atomic mass is 32.1. The Morgan fingerprint density at radius 3 is 2.71 bits per heavy atom. The van der Waals surface area contributed by atoms with E-state index in [4.69, 9.17) is 0 Å². The number of nitrogens with one attached hydrogen (secondary N) is 1. The summed E-state index contributed by atoms with van der Waals surface area (Å²) in [5.74, 6) is -0.0136. The van der Waals surface area contributed by atoms with E-state index in [1.54, 1.807) is 0 Å². The number of aryl methyl sites for hydroxylation is 1. The summed E-state index contributed by atoms with van der Waals surface area (Å²) in [6.45, 7) is 4.65. The molecule has 1 N–H and O–H groups in total. The lowest BCUT2D eigenvalue weighted by Gasteiger charge is -2.01. The van der Waals surface area contributed by atoms with Crippen LogP contribution in [0.1, 0.15) is 29.2 Å². The number of carbonyl (C=O) groups is 1. The van der Waals surface area contributed by atoms with Gasteiger partial charge in [-0.1, -0.05) is 25.1 Å². The number of hydrogen-bond donors (Lipinski definition) is 1. The summed E-state index contributed by atoms with van der Waals surface area (Å²) >= 11 is 1.49. The zero-order valence-corrected chi connectivity index (χ0v) is 12.9. The summed E-state index contributed by atoms with van der Waals surface area (Å²) in [6.07, 6.45) is 0.849. The Balaban J connectivity index is 2.15. The van der Waals surface area contributed by atoms with Crippen molar-refractivity contribution in [3.05, 3.63) is 47.0 Å². The van der Waals surface area contributed by atoms with Crippen molar-refractivity contribution in [2.45, 2.75) is 20.3 Å². The number of hydrogen-bond acceptors (Lipinski definition) is 3. The summed E-state index contributed by atoms with van der Waals surface area (Å²) < 4.78 is 1.93. The predicted molar refractivity (Wildman–Crippen MR) is 86.3 cm³/mol. The molecule has 3 rings (SSSR count). The molecule has 1 amide bonds. The van der Waals surface area contributed by atoms with Gasteiger partial charge in [0.05, 0.1) is 16.3 Å². The molecule has 4 nitrogen and oxygen atoms in total. The van der Waals surface area contributed by atoms with E-state index in [-0.39, 0.29) is 5.91 Å². The van der Waals surface area contributed by atoms with Crippen molar-refractivity contribution in [3.63, 3.8) is 0 Å². The van der Waals surface area contributed by atoms with Crippen molar-refractivity contribution in [2.24, 2.45) is 0 Å². The molecule has 0 aliphatic carbocycles. The Kier molecular flexibility index (Phi) is 3.75. The van der Waals surface area contributed by atoms with Crippen molar-refractivity contribution in [3.8, 4) is 5.69 Å². The maximum atomic E-state index is 12.0. The molecule has 0 spiro atoms. The number of benzene rings is 1. The molecule has 3 aromatic rings. The lowest BCUT2D eigenvalue weighted by Crippen LogP contribution is -2.21. The minimum atomic E-state index is -0.0136. The van der Waals surface area contributed by atoms with Crippen LogP contribution >= 0.6 is 11.3 Å². The molecule has 5 heteroatoms. The Bertz CT molecular complexity index is 774. The second kappa shape index (κ2) is 5.69. The highest BCUT2D eigenvalue weighted by molar-refractivity contribution is 7.20. The van der Waals surface area contributed by atoms with Gasteiger partial charge in [0.1, 0.15) is 4.83 Å². The van der Waals surface area contributed by atoms with Gasteiger partial charge in [0.2, 0.25) is 0 Å². The maximum Gasteiger partial charge on any atom is 0.261 e. The van der Waals surface area contributed by atoms with E-state index >= 15 is 0 Å². The van der Waals surface area contributed by atoms with Crippen LogP contribution in [0, 0.1) is 0 Å². The molecule has 0 saturated heterocycles. The second-order valence-corrected chi connectivity index (χ2v) is 5.77. The summed E-state index contributed by atoms with van der Waals surface area (Å²) in [6, 6.07) is 12.0. The van der Waals surface area contributed by atoms with Gasteiger partial charge in [-0.3, -0.25) is 4.79 Å². The molecule has 1 aromatic carbocycles. The lowest BCUT2D eigenvalue weighted by atomic mass is 10.2. The fraction of sp³-hybridized carbons (Fsp3) is 0.250. The average Bonchev–Trinajstić information content (AvgIpc) is 3.07. The number of amides is 1. The molecule has 0 radical (unpaired) electrons. The SMILES string of the molecule is CCNC(=O)c1cc2c(CC)nn(-c3ccccc3)c2s1. The Morgan fingerprint density at radius 1 is 1.29 bits per heavy atom. The minimum absolute atomic E-state index is 0.0136. The van der Waals surface area contributed by atoms with Gasteiger partial charge in [-0.05, 0) is 31.5 Å². The van der Waals surface area contributed by atoms with Crippen LogP contribution < -0.4 is 5.32 Å². The van der Waals surface area contributed by atoms with Crippen molar-refractivity contribution in [2.75, 3.05) is 6.54 Å². The molecule has 0 aliphatic heterocycles. The molecule has 108 valence electrons. The third-order valence-corrected chi connectivity index (χ3v) is 4.44. The van der Waals surface area contributed by atoms with Crippen molar-refractivity contribution in [1.29, 1.82) is 0 Å². The third kappa shape index (κ3) is 2.45. The summed E-state index contributed by atoms with van der Waals surface area (Å²) in [7, 11) is 0. The molecule has 21 heavy (non-hydrogen) atoms. The lowest BCUT2D eigenvalue weighted by molar-refractivity contribution is 0.0960. The normalized spacial score (nSPS) is 11.0. The summed E-state index contributed by atoms with van der Waals surface area (Å²) in [5, 5.41) is 8.61. The average molecular weight is 299 g/mol. The van der Waals surface area contributed by atoms with E-state index in [2.05, 4.69) is 17.3 Å². The van der Waals surface area contributed by atoms with E-state index in [0.29, 0.717) is 6.54 Å². The van der Waals surface area contributed by atoms with Gasteiger partial charge in [-0.25, -0.2) is 4.68 Å². The third-order valence-electron chi connectivity index (χ3n) is 3.33. The highest BCUT2D eigenvalue weighted by Crippen LogP contribution is 2.30. The molecule has 2 aromatic heterocycles. The monoisotopic (exact) mass is 299 g/mol. The van der Waals surface area contributed by atoms with Crippen LogP contribution in [-0.4, -0.2) is 22.2 Å². The molecule has 2 heterocycles. The zero-order valence-electron chi connectivity index (χ0n) is 12.1. The number of nitrogens with zero attached hydrogens (tertiary/aromatic N) is 2. The summed E-state index contributed by atoms with van der Waals surface area (Å²) in [4.78, 5) is 13.8. The van der Waals surface area contributed by atoms with Gasteiger partial charge in [-0.15, -0.1) is 11.3 Å². The first-order chi connectivity index (χ1) is 10.2. The first-order valence-electron chi connectivity index (χ1n) is 7.09. The molecule has 0 atom stereocenters. The molecule has 0 aliphatic rings. The Morgan fingerprint density at radius 2 is 2.05 bits per heavy atom. The number of thiophene rings is 1. The van der Waals surface area contributed by atoms with Crippen LogP contribution in [0.25, 0.3) is 15.9 Å². The fourth-order valence-corrected chi connectivity index (χ4v) is 3.40. The van der Waals surface area contributed by atoms with Gasteiger partial charge in [0.15, 0.2) is 0 Å². The van der Waals surface area contributed by atoms with E-state index in [0.717, 1.165) is 32.9 Å². The topological polar surface area (TPSA) is 46.9 Å². The summed E-state index contributed by atoms with van der Waals surface area (Å²) in [5.41, 5.74) is 2.05. The Hall–Kier alpha value is -2.14. The van der Waals surface area contributed by atoms with Gasteiger partial charge in [-0.2, -0.15) is 5.10 Å². The zero-order chi connectivity index (χ0) is 14.8. The number of fused-ring (bicyclic) bond motifs is 1. The van der Waals surface area contributed by atoms with Crippen molar-refractivity contribution in [1.82, 2.24) is 15.1 Å². The van der Waals surface area contributed by atoms with E-state index in [1.807, 2.05) is 48.0 Å². The van der Waals surface area contributed by atoms with Crippen molar-refractivity contribution >= 4 is 27.5 Å². The minimum Gasteiger partial charge on any atom is -0.352 e. The fourth-order valence-electron chi connectivity index (χ4n) is 2.33. The van der Waals surface area contributed by atoms with Gasteiger partial charge >= 0.3 is 0 Å². The smallest absolute Gasteiger partial charge is 0.261 e. The van der Waals surface area contributed by atoms with Crippen LogP contribution in [0.4, 0.5) is 0 Å². The molecule has 0 fully saturated rings. The second-order valence-electron chi connectivity index (χ2n) is 4.74. The largest absolute Gasteiger partial charge is 0.352 e. The maximum absolute atomic E-state index is 12.0. The van der Waals surface area contributed by atoms with Crippen LogP contribution in [0.5, 0.6) is 0 Å². The van der Waals surface area contributed by atoms with Crippen LogP contribution in [0.2, 0.25) is 0 Å². The molecular formula is C16H17N3OS. The molecule has 0 bridgehead atoms. The van der Waals surface area contributed by atoms with Crippen LogP contribution in [-0.2, 0) is 6.42 Å². The Labute approximate surface area is 127 Å². The van der Waals surface area contributed by atoms with Gasteiger partial charge in [0.25, 0.3) is 5.91 Å².